The Bertz CT molecular complexity index is 938. The van der Waals surface area contributed by atoms with Crippen molar-refractivity contribution in [2.24, 2.45) is 21.6 Å². The van der Waals surface area contributed by atoms with Crippen LogP contribution in [0.2, 0.25) is 0 Å². The normalized spacial score (nSPS) is 13.7. The molecule has 160 valence electrons. The number of nitrogens with one attached hydrogen (secondary N) is 1. The Morgan fingerprint density at radius 3 is 2.37 bits per heavy atom. The first-order valence-corrected chi connectivity index (χ1v) is 9.18. The number of esters is 1. The molecule has 0 aliphatic rings. The molecular formula is C21H23F3N4O2. The number of hydrogen-bond donors (Lipinski definition) is 2. The molecule has 0 saturated heterocycles. The fraction of sp³-hybridized carbons (Fsp3) is 0.286. The van der Waals surface area contributed by atoms with Gasteiger partial charge >= 0.3 is 12.1 Å². The fourth-order valence-electron chi connectivity index (χ4n) is 2.61. The Hall–Kier alpha value is -3.36. The van der Waals surface area contributed by atoms with E-state index in [9.17, 15) is 18.0 Å². The molecule has 0 amide bonds. The third kappa shape index (κ3) is 5.82. The first kappa shape index (κ1) is 22.9. The van der Waals surface area contributed by atoms with Crippen molar-refractivity contribution in [1.29, 1.82) is 0 Å². The number of alkyl halides is 3. The molecule has 0 bridgehead atoms. The largest absolute Gasteiger partial charge is 0.465 e. The van der Waals surface area contributed by atoms with E-state index in [1.165, 1.54) is 19.2 Å². The molecule has 0 aliphatic carbocycles. The maximum Gasteiger partial charge on any atom is 0.416 e. The third-order valence-corrected chi connectivity index (χ3v) is 4.19. The molecule has 2 aromatic rings. The smallest absolute Gasteiger partial charge is 0.416 e. The fourth-order valence-corrected chi connectivity index (χ4v) is 2.61. The number of halogens is 3. The second kappa shape index (κ2) is 9.91. The summed E-state index contributed by atoms with van der Waals surface area (Å²) in [5.41, 5.74) is 6.91. The monoisotopic (exact) mass is 420 g/mol. The molecule has 0 radical (unpaired) electrons. The summed E-state index contributed by atoms with van der Waals surface area (Å²) in [5, 5.41) is 3.04. The van der Waals surface area contributed by atoms with E-state index in [2.05, 4.69) is 15.3 Å². The van der Waals surface area contributed by atoms with E-state index in [0.29, 0.717) is 16.9 Å². The molecular weight excluding hydrogens is 397 g/mol. The highest BCUT2D eigenvalue weighted by molar-refractivity contribution is 6.12. The molecule has 0 heterocycles. The first-order chi connectivity index (χ1) is 14.2. The van der Waals surface area contributed by atoms with Crippen LogP contribution in [0.4, 0.5) is 24.5 Å². The number of hydrogen-bond acceptors (Lipinski definition) is 4. The van der Waals surface area contributed by atoms with Crippen molar-refractivity contribution in [3.63, 3.8) is 0 Å². The molecule has 30 heavy (non-hydrogen) atoms. The second-order valence-electron chi connectivity index (χ2n) is 6.30. The molecule has 0 aliphatic heterocycles. The van der Waals surface area contributed by atoms with E-state index >= 15 is 0 Å². The van der Waals surface area contributed by atoms with Crippen molar-refractivity contribution >= 4 is 29.0 Å². The lowest BCUT2D eigenvalue weighted by atomic mass is 10.1. The summed E-state index contributed by atoms with van der Waals surface area (Å²) in [5.74, 6) is -0.869. The van der Waals surface area contributed by atoms with Crippen LogP contribution in [0.1, 0.15) is 25.0 Å². The van der Waals surface area contributed by atoms with Gasteiger partial charge < -0.3 is 15.8 Å². The number of benzene rings is 2. The summed E-state index contributed by atoms with van der Waals surface area (Å²) in [6, 6.07) is 11.5. The van der Waals surface area contributed by atoms with Crippen molar-refractivity contribution < 1.29 is 22.7 Å². The molecule has 0 saturated carbocycles. The van der Waals surface area contributed by atoms with Crippen LogP contribution in [0.25, 0.3) is 0 Å². The Labute approximate surface area is 172 Å². The van der Waals surface area contributed by atoms with Crippen molar-refractivity contribution in [2.45, 2.75) is 20.0 Å². The molecule has 6 nitrogen and oxygen atoms in total. The van der Waals surface area contributed by atoms with Crippen LogP contribution in [0.15, 0.2) is 58.5 Å². The zero-order valence-electron chi connectivity index (χ0n) is 16.8. The predicted molar refractivity (Wildman–Crippen MR) is 111 cm³/mol. The number of nitrogens with zero attached hydrogens (tertiary/aromatic N) is 2. The van der Waals surface area contributed by atoms with E-state index in [1.54, 1.807) is 38.1 Å². The highest BCUT2D eigenvalue weighted by Gasteiger charge is 2.30. The van der Waals surface area contributed by atoms with Crippen LogP contribution >= 0.6 is 0 Å². The summed E-state index contributed by atoms with van der Waals surface area (Å²) in [4.78, 5) is 20.3. The summed E-state index contributed by atoms with van der Waals surface area (Å²) < 4.78 is 43.2. The molecule has 2 aromatic carbocycles. The number of anilines is 2. The van der Waals surface area contributed by atoms with E-state index < -0.39 is 23.6 Å². The minimum absolute atomic E-state index is 0.0989. The van der Waals surface area contributed by atoms with Gasteiger partial charge in [-0.15, -0.1) is 0 Å². The Balaban J connectivity index is 2.29. The maximum absolute atomic E-state index is 12.7. The van der Waals surface area contributed by atoms with Gasteiger partial charge in [-0.3, -0.25) is 9.79 Å². The number of amidine groups is 2. The van der Waals surface area contributed by atoms with Gasteiger partial charge in [0.25, 0.3) is 0 Å². The molecule has 1 atom stereocenters. The van der Waals surface area contributed by atoms with Gasteiger partial charge in [-0.1, -0.05) is 12.1 Å². The molecule has 0 aromatic heterocycles. The predicted octanol–water partition coefficient (Wildman–Crippen LogP) is 4.38. The van der Waals surface area contributed by atoms with Gasteiger partial charge in [0.15, 0.2) is 0 Å². The summed E-state index contributed by atoms with van der Waals surface area (Å²) >= 11 is 0. The van der Waals surface area contributed by atoms with Crippen LogP contribution in [-0.4, -0.2) is 31.3 Å². The SMILES string of the molecule is CCOC(=O)C(C)C(N=C(N)c1ccccc1Nc1ccc(C(F)(F)F)cc1)=NC. The minimum atomic E-state index is -4.40. The van der Waals surface area contributed by atoms with Crippen molar-refractivity contribution in [1.82, 2.24) is 0 Å². The van der Waals surface area contributed by atoms with Crippen LogP contribution in [0.3, 0.4) is 0 Å². The van der Waals surface area contributed by atoms with Crippen molar-refractivity contribution in [3.8, 4) is 0 Å². The van der Waals surface area contributed by atoms with E-state index in [1.807, 2.05) is 0 Å². The lowest BCUT2D eigenvalue weighted by Gasteiger charge is -2.14. The van der Waals surface area contributed by atoms with Gasteiger partial charge in [-0.2, -0.15) is 13.2 Å². The lowest BCUT2D eigenvalue weighted by Crippen LogP contribution is -2.25. The zero-order chi connectivity index (χ0) is 22.3. The zero-order valence-corrected chi connectivity index (χ0v) is 16.8. The summed E-state index contributed by atoms with van der Waals surface area (Å²) in [6.07, 6.45) is -4.40. The van der Waals surface area contributed by atoms with Crippen LogP contribution in [0, 0.1) is 5.92 Å². The number of rotatable bonds is 6. The van der Waals surface area contributed by atoms with Crippen LogP contribution < -0.4 is 11.1 Å². The Morgan fingerprint density at radius 2 is 1.80 bits per heavy atom. The molecule has 3 N–H and O–H groups in total. The van der Waals surface area contributed by atoms with Crippen molar-refractivity contribution in [2.75, 3.05) is 19.0 Å². The minimum Gasteiger partial charge on any atom is -0.465 e. The molecule has 1 unspecified atom stereocenters. The molecule has 0 fully saturated rings. The van der Waals surface area contributed by atoms with Gasteiger partial charge in [-0.25, -0.2) is 4.99 Å². The highest BCUT2D eigenvalue weighted by atomic mass is 19.4. The number of ether oxygens (including phenoxy) is 1. The van der Waals surface area contributed by atoms with Gasteiger partial charge in [0, 0.05) is 24.0 Å². The number of aliphatic imine (C=N–C) groups is 2. The van der Waals surface area contributed by atoms with Gasteiger partial charge in [-0.05, 0) is 50.2 Å². The Morgan fingerprint density at radius 1 is 1.17 bits per heavy atom. The summed E-state index contributed by atoms with van der Waals surface area (Å²) in [7, 11) is 1.49. The van der Waals surface area contributed by atoms with E-state index in [4.69, 9.17) is 10.5 Å². The number of carbonyl (C=O) groups excluding carboxylic acids is 1. The number of para-hydroxylation sites is 1. The quantitative estimate of drug-likeness (QED) is 0.412. The van der Waals surface area contributed by atoms with Gasteiger partial charge in [0.05, 0.1) is 12.2 Å². The second-order valence-corrected chi connectivity index (χ2v) is 6.30. The van der Waals surface area contributed by atoms with E-state index in [-0.39, 0.29) is 18.3 Å². The van der Waals surface area contributed by atoms with E-state index in [0.717, 1.165) is 12.1 Å². The lowest BCUT2D eigenvalue weighted by molar-refractivity contribution is -0.145. The average molecular weight is 420 g/mol. The van der Waals surface area contributed by atoms with Crippen LogP contribution in [-0.2, 0) is 15.7 Å². The van der Waals surface area contributed by atoms with Gasteiger partial charge in [0.1, 0.15) is 17.6 Å². The average Bonchev–Trinajstić information content (AvgIpc) is 2.71. The number of nitrogens with two attached hydrogens (primary N) is 1. The topological polar surface area (TPSA) is 89.1 Å². The summed E-state index contributed by atoms with van der Waals surface area (Å²) in [6.45, 7) is 3.55. The molecule has 0 spiro atoms. The maximum atomic E-state index is 12.7. The van der Waals surface area contributed by atoms with Crippen molar-refractivity contribution in [3.05, 3.63) is 59.7 Å². The van der Waals surface area contributed by atoms with Gasteiger partial charge in [0.2, 0.25) is 0 Å². The first-order valence-electron chi connectivity index (χ1n) is 9.18. The molecule has 2 rings (SSSR count). The highest BCUT2D eigenvalue weighted by Crippen LogP contribution is 2.30. The van der Waals surface area contributed by atoms with Crippen LogP contribution in [0.5, 0.6) is 0 Å². The third-order valence-electron chi connectivity index (χ3n) is 4.19. The molecule has 9 heteroatoms. The Kier molecular flexibility index (Phi) is 7.57. The standard InChI is InChI=1S/C21H23F3N4O2/c1-4-30-20(29)13(2)19(26-3)28-18(25)16-7-5-6-8-17(16)27-15-11-9-14(10-12-15)21(22,23)24/h5-13,27H,4H2,1-3H3,(H2,25,26,28). The number of carbonyl (C=O) groups is 1.